The zero-order valence-corrected chi connectivity index (χ0v) is 13.9. The van der Waals surface area contributed by atoms with E-state index in [4.69, 9.17) is 4.74 Å². The minimum Gasteiger partial charge on any atom is -0.481 e. The largest absolute Gasteiger partial charge is 0.481 e. The normalized spacial score (nSPS) is 10.7. The molecule has 8 nitrogen and oxygen atoms in total. The van der Waals surface area contributed by atoms with Crippen molar-refractivity contribution in [3.8, 4) is 17.1 Å². The Balaban J connectivity index is 1.83. The van der Waals surface area contributed by atoms with Crippen LogP contribution in [0.1, 0.15) is 21.9 Å². The fraction of sp³-hybridized carbons (Fsp3) is 0.250. The summed E-state index contributed by atoms with van der Waals surface area (Å²) in [6.45, 7) is 3.88. The van der Waals surface area contributed by atoms with E-state index >= 15 is 0 Å². The van der Waals surface area contributed by atoms with E-state index in [2.05, 4.69) is 25.6 Å². The van der Waals surface area contributed by atoms with Gasteiger partial charge in [0, 0.05) is 36.3 Å². The number of aromatic amines is 1. The Morgan fingerprint density at radius 3 is 2.79 bits per heavy atom. The summed E-state index contributed by atoms with van der Waals surface area (Å²) in [5.74, 6) is 0.140. The van der Waals surface area contributed by atoms with Gasteiger partial charge in [0.15, 0.2) is 0 Å². The summed E-state index contributed by atoms with van der Waals surface area (Å²) < 4.78 is 6.83. The number of methoxy groups -OCH3 is 1. The van der Waals surface area contributed by atoms with E-state index in [-0.39, 0.29) is 5.91 Å². The Hall–Kier alpha value is -3.16. The van der Waals surface area contributed by atoms with Gasteiger partial charge >= 0.3 is 0 Å². The molecule has 0 fully saturated rings. The van der Waals surface area contributed by atoms with Crippen LogP contribution in [-0.2, 0) is 7.05 Å². The molecule has 0 spiro atoms. The summed E-state index contributed by atoms with van der Waals surface area (Å²) in [5, 5.41) is 14.2. The fourth-order valence-corrected chi connectivity index (χ4v) is 2.51. The number of anilines is 1. The number of nitrogens with one attached hydrogen (secondary N) is 2. The third-order valence-electron chi connectivity index (χ3n) is 3.79. The van der Waals surface area contributed by atoms with E-state index in [1.807, 2.05) is 20.9 Å². The van der Waals surface area contributed by atoms with Crippen LogP contribution >= 0.6 is 0 Å². The number of hydrogen-bond donors (Lipinski definition) is 2. The van der Waals surface area contributed by atoms with Crippen LogP contribution < -0.4 is 10.1 Å². The number of H-pyrrole nitrogens is 1. The van der Waals surface area contributed by atoms with Gasteiger partial charge in [0.25, 0.3) is 5.91 Å². The summed E-state index contributed by atoms with van der Waals surface area (Å²) in [5.41, 5.74) is 4.44. The number of ether oxygens (including phenoxy) is 1. The number of carbonyl (C=O) groups excluding carboxylic acids is 1. The molecule has 0 atom stereocenters. The quantitative estimate of drug-likeness (QED) is 0.765. The van der Waals surface area contributed by atoms with E-state index in [9.17, 15) is 4.79 Å². The third-order valence-corrected chi connectivity index (χ3v) is 3.79. The Bertz CT molecular complexity index is 896. The van der Waals surface area contributed by atoms with E-state index in [1.54, 1.807) is 29.1 Å². The molecule has 0 saturated heterocycles. The van der Waals surface area contributed by atoms with Crippen molar-refractivity contribution in [3.63, 3.8) is 0 Å². The van der Waals surface area contributed by atoms with Gasteiger partial charge in [-0.1, -0.05) is 0 Å². The second-order valence-electron chi connectivity index (χ2n) is 5.38. The molecule has 0 radical (unpaired) electrons. The second-order valence-corrected chi connectivity index (χ2v) is 5.38. The Kier molecular flexibility index (Phi) is 4.03. The topological polar surface area (TPSA) is 97.7 Å². The lowest BCUT2D eigenvalue weighted by Crippen LogP contribution is -2.12. The average molecular weight is 326 g/mol. The number of hydrogen-bond acceptors (Lipinski definition) is 5. The highest BCUT2D eigenvalue weighted by Crippen LogP contribution is 2.25. The number of pyridine rings is 1. The third kappa shape index (κ3) is 2.85. The molecule has 0 unspecified atom stereocenters. The van der Waals surface area contributed by atoms with Crippen LogP contribution in [0.25, 0.3) is 11.3 Å². The van der Waals surface area contributed by atoms with Gasteiger partial charge < -0.3 is 10.1 Å². The number of nitrogens with zero attached hydrogens (tertiary/aromatic N) is 4. The summed E-state index contributed by atoms with van der Waals surface area (Å²) in [6, 6.07) is 5.04. The maximum atomic E-state index is 12.4. The van der Waals surface area contributed by atoms with Gasteiger partial charge in [-0.25, -0.2) is 4.98 Å². The first-order valence-corrected chi connectivity index (χ1v) is 7.37. The predicted octanol–water partition coefficient (Wildman–Crippen LogP) is 2.08. The number of aromatic nitrogens is 5. The molecule has 3 aromatic heterocycles. The molecule has 0 aliphatic rings. The number of rotatable bonds is 4. The first-order chi connectivity index (χ1) is 11.5. The lowest BCUT2D eigenvalue weighted by Gasteiger charge is -2.04. The smallest absolute Gasteiger partial charge is 0.273 e. The molecule has 3 heterocycles. The maximum Gasteiger partial charge on any atom is 0.273 e. The molecule has 0 aliphatic carbocycles. The lowest BCUT2D eigenvalue weighted by molar-refractivity contribution is 0.102. The highest BCUT2D eigenvalue weighted by Gasteiger charge is 2.17. The molecule has 3 rings (SSSR count). The average Bonchev–Trinajstić information content (AvgIpc) is 3.13. The Morgan fingerprint density at radius 1 is 1.33 bits per heavy atom. The van der Waals surface area contributed by atoms with Gasteiger partial charge in [-0.15, -0.1) is 0 Å². The van der Waals surface area contributed by atoms with Gasteiger partial charge in [0.1, 0.15) is 5.69 Å². The second kappa shape index (κ2) is 6.15. The first kappa shape index (κ1) is 15.7. The van der Waals surface area contributed by atoms with Crippen LogP contribution in [0.5, 0.6) is 5.88 Å². The van der Waals surface area contributed by atoms with Crippen molar-refractivity contribution in [1.82, 2.24) is 25.0 Å². The molecule has 124 valence electrons. The summed E-state index contributed by atoms with van der Waals surface area (Å²) in [7, 11) is 3.40. The minimum atomic E-state index is -0.291. The van der Waals surface area contributed by atoms with E-state index in [0.29, 0.717) is 23.0 Å². The number of carbonyl (C=O) groups is 1. The van der Waals surface area contributed by atoms with Gasteiger partial charge in [0.2, 0.25) is 5.88 Å². The van der Waals surface area contributed by atoms with Crippen molar-refractivity contribution in [2.45, 2.75) is 13.8 Å². The highest BCUT2D eigenvalue weighted by atomic mass is 16.5. The zero-order valence-electron chi connectivity index (χ0n) is 13.9. The van der Waals surface area contributed by atoms with Gasteiger partial charge in [-0.05, 0) is 26.0 Å². The molecule has 8 heteroatoms. The monoisotopic (exact) mass is 326 g/mol. The van der Waals surface area contributed by atoms with Crippen LogP contribution in [0.3, 0.4) is 0 Å². The molecule has 2 N–H and O–H groups in total. The van der Waals surface area contributed by atoms with Gasteiger partial charge in [0.05, 0.1) is 18.5 Å². The summed E-state index contributed by atoms with van der Waals surface area (Å²) in [4.78, 5) is 16.4. The van der Waals surface area contributed by atoms with Crippen LogP contribution in [0.4, 0.5) is 5.69 Å². The molecule has 0 aromatic carbocycles. The maximum absolute atomic E-state index is 12.4. The SMILES string of the molecule is COc1cc(NC(=O)c2cc(-c3c(C)nn(C)c3C)n[nH]2)ccn1. The molecule has 0 saturated carbocycles. The first-order valence-electron chi connectivity index (χ1n) is 7.37. The molecule has 1 amide bonds. The van der Waals surface area contributed by atoms with Crippen LogP contribution in [0.15, 0.2) is 24.4 Å². The molecule has 3 aromatic rings. The van der Waals surface area contributed by atoms with Crippen molar-refractivity contribution in [1.29, 1.82) is 0 Å². The molecular formula is C16H18N6O2. The minimum absolute atomic E-state index is 0.291. The molecule has 0 aliphatic heterocycles. The van der Waals surface area contributed by atoms with E-state index < -0.39 is 0 Å². The molecular weight excluding hydrogens is 308 g/mol. The summed E-state index contributed by atoms with van der Waals surface area (Å²) >= 11 is 0. The lowest BCUT2D eigenvalue weighted by atomic mass is 10.1. The molecule has 0 bridgehead atoms. The van der Waals surface area contributed by atoms with Gasteiger partial charge in [-0.3, -0.25) is 14.6 Å². The fourth-order valence-electron chi connectivity index (χ4n) is 2.51. The van der Waals surface area contributed by atoms with Crippen molar-refractivity contribution in [2.24, 2.45) is 7.05 Å². The Morgan fingerprint density at radius 2 is 2.12 bits per heavy atom. The summed E-state index contributed by atoms with van der Waals surface area (Å²) in [6.07, 6.45) is 1.56. The van der Waals surface area contributed by atoms with Crippen LogP contribution in [0, 0.1) is 13.8 Å². The van der Waals surface area contributed by atoms with E-state index in [1.165, 1.54) is 7.11 Å². The highest BCUT2D eigenvalue weighted by molar-refractivity contribution is 6.03. The van der Waals surface area contributed by atoms with Crippen molar-refractivity contribution < 1.29 is 9.53 Å². The Labute approximate surface area is 138 Å². The van der Waals surface area contributed by atoms with Gasteiger partial charge in [-0.2, -0.15) is 10.2 Å². The van der Waals surface area contributed by atoms with Crippen molar-refractivity contribution in [3.05, 3.63) is 41.5 Å². The standard InChI is InChI=1S/C16H18N6O2/c1-9-15(10(2)22(3)21-9)12-8-13(20-19-12)16(23)18-11-5-6-17-14(7-11)24-4/h5-8H,1-4H3,(H,19,20)(H,17,18,23). The predicted molar refractivity (Wildman–Crippen MR) is 89.0 cm³/mol. The van der Waals surface area contributed by atoms with Crippen molar-refractivity contribution >= 4 is 11.6 Å². The zero-order chi connectivity index (χ0) is 17.3. The molecule has 24 heavy (non-hydrogen) atoms. The number of amides is 1. The number of aryl methyl sites for hydroxylation is 2. The van der Waals surface area contributed by atoms with Crippen LogP contribution in [0.2, 0.25) is 0 Å². The van der Waals surface area contributed by atoms with Crippen LogP contribution in [-0.4, -0.2) is 38.0 Å². The van der Waals surface area contributed by atoms with Crippen molar-refractivity contribution in [2.75, 3.05) is 12.4 Å². The van der Waals surface area contributed by atoms with E-state index in [0.717, 1.165) is 17.0 Å².